The number of benzene rings is 3. The monoisotopic (exact) mass is 341 g/mol. The Labute approximate surface area is 152 Å². The second-order valence-electron chi connectivity index (χ2n) is 6.20. The lowest BCUT2D eigenvalue weighted by Gasteiger charge is -2.06. The van der Waals surface area contributed by atoms with Gasteiger partial charge >= 0.3 is 0 Å². The van der Waals surface area contributed by atoms with Crippen LogP contribution < -0.4 is 5.32 Å². The standard InChI is InChI=1S/C23H19NO2/c25-23(19-12-10-18(11-13-19)17-6-2-1-3-7-17)24-15-14-21-16-20-8-4-5-9-22(20)26-21/h1-13,16H,14-15H2,(H,24,25). The number of hydrogen-bond acceptors (Lipinski definition) is 2. The third kappa shape index (κ3) is 3.52. The van der Waals surface area contributed by atoms with E-state index in [-0.39, 0.29) is 5.91 Å². The topological polar surface area (TPSA) is 42.2 Å². The van der Waals surface area contributed by atoms with E-state index >= 15 is 0 Å². The van der Waals surface area contributed by atoms with E-state index in [1.54, 1.807) is 0 Å². The van der Waals surface area contributed by atoms with Gasteiger partial charge in [0, 0.05) is 23.9 Å². The van der Waals surface area contributed by atoms with E-state index in [2.05, 4.69) is 17.4 Å². The van der Waals surface area contributed by atoms with Gasteiger partial charge in [-0.15, -0.1) is 0 Å². The minimum absolute atomic E-state index is 0.0688. The molecule has 0 saturated carbocycles. The molecule has 0 saturated heterocycles. The molecule has 1 aromatic heterocycles. The molecule has 0 unspecified atom stereocenters. The lowest BCUT2D eigenvalue weighted by Crippen LogP contribution is -2.25. The van der Waals surface area contributed by atoms with Crippen LogP contribution in [-0.2, 0) is 6.42 Å². The van der Waals surface area contributed by atoms with Crippen molar-refractivity contribution in [1.82, 2.24) is 5.32 Å². The summed E-state index contributed by atoms with van der Waals surface area (Å²) in [5, 5.41) is 4.04. The zero-order chi connectivity index (χ0) is 17.8. The van der Waals surface area contributed by atoms with Crippen LogP contribution in [0.3, 0.4) is 0 Å². The van der Waals surface area contributed by atoms with Gasteiger partial charge in [-0.25, -0.2) is 0 Å². The summed E-state index contributed by atoms with van der Waals surface area (Å²) < 4.78 is 5.77. The minimum Gasteiger partial charge on any atom is -0.461 e. The smallest absolute Gasteiger partial charge is 0.251 e. The normalized spacial score (nSPS) is 10.8. The van der Waals surface area contributed by atoms with E-state index in [4.69, 9.17) is 4.42 Å². The summed E-state index contributed by atoms with van der Waals surface area (Å²) in [5.41, 5.74) is 3.79. The van der Waals surface area contributed by atoms with E-state index in [0.29, 0.717) is 18.5 Å². The van der Waals surface area contributed by atoms with Crippen molar-refractivity contribution in [3.05, 3.63) is 96.3 Å². The fourth-order valence-corrected chi connectivity index (χ4v) is 3.01. The molecular weight excluding hydrogens is 322 g/mol. The highest BCUT2D eigenvalue weighted by atomic mass is 16.3. The van der Waals surface area contributed by atoms with Crippen LogP contribution >= 0.6 is 0 Å². The van der Waals surface area contributed by atoms with Gasteiger partial charge in [-0.1, -0.05) is 60.7 Å². The Morgan fingerprint density at radius 3 is 2.27 bits per heavy atom. The third-order valence-electron chi connectivity index (χ3n) is 4.39. The largest absolute Gasteiger partial charge is 0.461 e. The number of carbonyl (C=O) groups excluding carboxylic acids is 1. The van der Waals surface area contributed by atoms with Gasteiger partial charge in [0.25, 0.3) is 5.91 Å². The van der Waals surface area contributed by atoms with Crippen LogP contribution in [0.1, 0.15) is 16.1 Å². The Morgan fingerprint density at radius 1 is 0.808 bits per heavy atom. The van der Waals surface area contributed by atoms with E-state index in [0.717, 1.165) is 27.9 Å². The lowest BCUT2D eigenvalue weighted by atomic mass is 10.0. The molecule has 0 spiro atoms. The maximum atomic E-state index is 12.3. The first kappa shape index (κ1) is 16.2. The van der Waals surface area contributed by atoms with E-state index in [9.17, 15) is 4.79 Å². The van der Waals surface area contributed by atoms with Crippen molar-refractivity contribution in [2.24, 2.45) is 0 Å². The summed E-state index contributed by atoms with van der Waals surface area (Å²) in [4.78, 5) is 12.3. The van der Waals surface area contributed by atoms with Gasteiger partial charge in [0.15, 0.2) is 0 Å². The molecule has 4 rings (SSSR count). The molecule has 3 aromatic carbocycles. The summed E-state index contributed by atoms with van der Waals surface area (Å²) in [6, 6.07) is 27.7. The average molecular weight is 341 g/mol. The van der Waals surface area contributed by atoms with E-state index < -0.39 is 0 Å². The van der Waals surface area contributed by atoms with Gasteiger partial charge in [0.1, 0.15) is 11.3 Å². The summed E-state index contributed by atoms with van der Waals surface area (Å²) in [5.74, 6) is 0.812. The summed E-state index contributed by atoms with van der Waals surface area (Å²) in [7, 11) is 0. The number of fused-ring (bicyclic) bond motifs is 1. The fraction of sp³-hybridized carbons (Fsp3) is 0.0870. The summed E-state index contributed by atoms with van der Waals surface area (Å²) >= 11 is 0. The van der Waals surface area contributed by atoms with Crippen molar-refractivity contribution in [3.63, 3.8) is 0 Å². The van der Waals surface area contributed by atoms with Gasteiger partial charge in [-0.2, -0.15) is 0 Å². The zero-order valence-corrected chi connectivity index (χ0v) is 14.3. The second kappa shape index (κ2) is 7.28. The van der Waals surface area contributed by atoms with Crippen molar-refractivity contribution < 1.29 is 9.21 Å². The molecule has 0 radical (unpaired) electrons. The number of para-hydroxylation sites is 1. The van der Waals surface area contributed by atoms with Crippen molar-refractivity contribution >= 4 is 16.9 Å². The fourth-order valence-electron chi connectivity index (χ4n) is 3.01. The third-order valence-corrected chi connectivity index (χ3v) is 4.39. The summed E-state index contributed by atoms with van der Waals surface area (Å²) in [6.07, 6.45) is 0.669. The molecule has 0 bridgehead atoms. The zero-order valence-electron chi connectivity index (χ0n) is 14.3. The molecular formula is C23H19NO2. The molecule has 3 nitrogen and oxygen atoms in total. The quantitative estimate of drug-likeness (QED) is 0.550. The van der Waals surface area contributed by atoms with Crippen molar-refractivity contribution in [3.8, 4) is 11.1 Å². The molecule has 0 aliphatic heterocycles. The van der Waals surface area contributed by atoms with Gasteiger partial charge < -0.3 is 9.73 Å². The first-order valence-electron chi connectivity index (χ1n) is 8.71. The Morgan fingerprint density at radius 2 is 1.50 bits per heavy atom. The molecule has 0 aliphatic rings. The van der Waals surface area contributed by atoms with Crippen LogP contribution in [0.2, 0.25) is 0 Å². The molecule has 26 heavy (non-hydrogen) atoms. The van der Waals surface area contributed by atoms with Crippen molar-refractivity contribution in [1.29, 1.82) is 0 Å². The summed E-state index contributed by atoms with van der Waals surface area (Å²) in [6.45, 7) is 0.541. The molecule has 4 aromatic rings. The molecule has 1 N–H and O–H groups in total. The SMILES string of the molecule is O=C(NCCc1cc2ccccc2o1)c1ccc(-c2ccccc2)cc1. The van der Waals surface area contributed by atoms with Gasteiger partial charge in [-0.05, 0) is 35.4 Å². The molecule has 0 atom stereocenters. The number of nitrogens with one attached hydrogen (secondary N) is 1. The Bertz CT molecular complexity index is 984. The maximum absolute atomic E-state index is 12.3. The Hall–Kier alpha value is -3.33. The van der Waals surface area contributed by atoms with Crippen molar-refractivity contribution in [2.75, 3.05) is 6.54 Å². The number of carbonyl (C=O) groups is 1. The lowest BCUT2D eigenvalue weighted by molar-refractivity contribution is 0.0954. The molecule has 128 valence electrons. The highest BCUT2D eigenvalue weighted by molar-refractivity contribution is 5.94. The predicted octanol–water partition coefficient (Wildman–Crippen LogP) is 5.07. The van der Waals surface area contributed by atoms with Crippen LogP contribution in [0.4, 0.5) is 0 Å². The maximum Gasteiger partial charge on any atom is 0.251 e. The Balaban J connectivity index is 1.36. The molecule has 0 aliphatic carbocycles. The first-order valence-corrected chi connectivity index (χ1v) is 8.71. The molecule has 1 amide bonds. The highest BCUT2D eigenvalue weighted by Crippen LogP contribution is 2.20. The first-order chi connectivity index (χ1) is 12.8. The van der Waals surface area contributed by atoms with Crippen molar-refractivity contribution in [2.45, 2.75) is 6.42 Å². The van der Waals surface area contributed by atoms with Crippen LogP contribution in [0, 0.1) is 0 Å². The molecule has 1 heterocycles. The average Bonchev–Trinajstić information content (AvgIpc) is 3.11. The number of hydrogen-bond donors (Lipinski definition) is 1. The minimum atomic E-state index is -0.0688. The van der Waals surface area contributed by atoms with Gasteiger partial charge in [0.05, 0.1) is 0 Å². The molecule has 0 fully saturated rings. The van der Waals surface area contributed by atoms with Crippen LogP contribution in [0.25, 0.3) is 22.1 Å². The molecule has 3 heteroatoms. The second-order valence-corrected chi connectivity index (χ2v) is 6.20. The van der Waals surface area contributed by atoms with Gasteiger partial charge in [0.2, 0.25) is 0 Å². The van der Waals surface area contributed by atoms with Crippen LogP contribution in [0.5, 0.6) is 0 Å². The van der Waals surface area contributed by atoms with Gasteiger partial charge in [-0.3, -0.25) is 4.79 Å². The highest BCUT2D eigenvalue weighted by Gasteiger charge is 2.07. The van der Waals surface area contributed by atoms with Crippen LogP contribution in [-0.4, -0.2) is 12.5 Å². The predicted molar refractivity (Wildman–Crippen MR) is 104 cm³/mol. The van der Waals surface area contributed by atoms with E-state index in [1.807, 2.05) is 72.8 Å². The Kier molecular flexibility index (Phi) is 4.52. The van der Waals surface area contributed by atoms with Crippen LogP contribution in [0.15, 0.2) is 89.3 Å². The number of rotatable bonds is 5. The number of amides is 1. The van der Waals surface area contributed by atoms with E-state index in [1.165, 1.54) is 0 Å². The number of furan rings is 1.